The standard InChI is InChI=1S/C20H22N2O3S/c1-4-17(25-15-8-6-7-13(3)11-15)19(23)21-14-9-10-16-18(12-14)26-20(24)22(16)5-2/h6-12,17H,4-5H2,1-3H3,(H,21,23)/t17-/m1/s1. The fourth-order valence-electron chi connectivity index (χ4n) is 2.84. The number of nitrogens with one attached hydrogen (secondary N) is 1. The number of thiazole rings is 1. The van der Waals surface area contributed by atoms with Crippen molar-refractivity contribution < 1.29 is 9.53 Å². The van der Waals surface area contributed by atoms with Crippen LogP contribution in [0.1, 0.15) is 25.8 Å². The number of amides is 1. The molecule has 1 heterocycles. The van der Waals surface area contributed by atoms with E-state index < -0.39 is 6.10 Å². The Hall–Kier alpha value is -2.60. The fraction of sp³-hybridized carbons (Fsp3) is 0.300. The monoisotopic (exact) mass is 370 g/mol. The van der Waals surface area contributed by atoms with E-state index in [9.17, 15) is 9.59 Å². The average molecular weight is 370 g/mol. The van der Waals surface area contributed by atoms with Gasteiger partial charge in [-0.05, 0) is 56.2 Å². The Morgan fingerprint density at radius 3 is 2.73 bits per heavy atom. The van der Waals surface area contributed by atoms with Gasteiger partial charge in [-0.2, -0.15) is 0 Å². The molecule has 0 spiro atoms. The number of fused-ring (bicyclic) bond motifs is 1. The van der Waals surface area contributed by atoms with Crippen LogP contribution in [0.2, 0.25) is 0 Å². The maximum atomic E-state index is 12.6. The maximum Gasteiger partial charge on any atom is 0.308 e. The molecule has 0 fully saturated rings. The molecular weight excluding hydrogens is 348 g/mol. The molecule has 0 aliphatic carbocycles. The summed E-state index contributed by atoms with van der Waals surface area (Å²) in [7, 11) is 0. The van der Waals surface area contributed by atoms with Gasteiger partial charge in [0, 0.05) is 12.2 Å². The van der Waals surface area contributed by atoms with E-state index in [0.29, 0.717) is 24.4 Å². The molecule has 26 heavy (non-hydrogen) atoms. The molecule has 1 atom stereocenters. The van der Waals surface area contributed by atoms with Gasteiger partial charge in [-0.3, -0.25) is 14.2 Å². The number of anilines is 1. The van der Waals surface area contributed by atoms with Gasteiger partial charge in [-0.25, -0.2) is 0 Å². The summed E-state index contributed by atoms with van der Waals surface area (Å²) < 4.78 is 8.43. The highest BCUT2D eigenvalue weighted by Gasteiger charge is 2.19. The summed E-state index contributed by atoms with van der Waals surface area (Å²) in [5, 5.41) is 2.90. The summed E-state index contributed by atoms with van der Waals surface area (Å²) in [6.45, 7) is 6.47. The molecule has 3 aromatic rings. The van der Waals surface area contributed by atoms with Crippen molar-refractivity contribution >= 4 is 33.1 Å². The highest BCUT2D eigenvalue weighted by atomic mass is 32.1. The lowest BCUT2D eigenvalue weighted by Crippen LogP contribution is -2.32. The van der Waals surface area contributed by atoms with Crippen molar-refractivity contribution in [2.24, 2.45) is 0 Å². The number of rotatable bonds is 6. The van der Waals surface area contributed by atoms with Gasteiger partial charge in [0.1, 0.15) is 5.75 Å². The summed E-state index contributed by atoms with van der Waals surface area (Å²) in [6, 6.07) is 13.2. The molecule has 0 radical (unpaired) electrons. The van der Waals surface area contributed by atoms with Crippen LogP contribution in [0, 0.1) is 6.92 Å². The first-order valence-corrected chi connectivity index (χ1v) is 9.51. The van der Waals surface area contributed by atoms with E-state index in [1.54, 1.807) is 4.57 Å². The summed E-state index contributed by atoms with van der Waals surface area (Å²) >= 11 is 1.19. The van der Waals surface area contributed by atoms with Crippen LogP contribution in [0.15, 0.2) is 47.3 Å². The zero-order chi connectivity index (χ0) is 18.7. The van der Waals surface area contributed by atoms with Gasteiger partial charge >= 0.3 is 4.87 Å². The SMILES string of the molecule is CC[C@@H](Oc1cccc(C)c1)C(=O)Nc1ccc2c(c1)sc(=O)n2CC. The minimum Gasteiger partial charge on any atom is -0.481 e. The third kappa shape index (κ3) is 3.80. The lowest BCUT2D eigenvalue weighted by Gasteiger charge is -2.17. The van der Waals surface area contributed by atoms with E-state index in [0.717, 1.165) is 15.8 Å². The van der Waals surface area contributed by atoms with Crippen LogP contribution >= 0.6 is 11.3 Å². The van der Waals surface area contributed by atoms with Crippen LogP contribution in [0.4, 0.5) is 5.69 Å². The molecule has 5 nitrogen and oxygen atoms in total. The number of hydrogen-bond acceptors (Lipinski definition) is 4. The van der Waals surface area contributed by atoms with Crippen molar-refractivity contribution in [3.05, 3.63) is 57.7 Å². The molecule has 0 saturated carbocycles. The van der Waals surface area contributed by atoms with Crippen LogP contribution in [0.3, 0.4) is 0 Å². The zero-order valence-corrected chi connectivity index (χ0v) is 15.9. The number of carbonyl (C=O) groups is 1. The summed E-state index contributed by atoms with van der Waals surface area (Å²) in [6.07, 6.45) is -0.0202. The second-order valence-electron chi connectivity index (χ2n) is 6.12. The second-order valence-corrected chi connectivity index (χ2v) is 7.11. The van der Waals surface area contributed by atoms with Crippen LogP contribution in [-0.4, -0.2) is 16.6 Å². The van der Waals surface area contributed by atoms with E-state index in [2.05, 4.69) is 5.32 Å². The minimum atomic E-state index is -0.577. The molecule has 2 aromatic carbocycles. The van der Waals surface area contributed by atoms with E-state index in [-0.39, 0.29) is 10.8 Å². The fourth-order valence-corrected chi connectivity index (χ4v) is 3.84. The lowest BCUT2D eigenvalue weighted by molar-refractivity contribution is -0.122. The molecule has 0 aliphatic rings. The predicted octanol–water partition coefficient (Wildman–Crippen LogP) is 4.19. The van der Waals surface area contributed by atoms with Gasteiger partial charge < -0.3 is 10.1 Å². The van der Waals surface area contributed by atoms with Gasteiger partial charge in [0.15, 0.2) is 6.10 Å². The van der Waals surface area contributed by atoms with Crippen LogP contribution in [0.25, 0.3) is 10.2 Å². The summed E-state index contributed by atoms with van der Waals surface area (Å²) in [5.41, 5.74) is 2.64. The molecule has 6 heteroatoms. The lowest BCUT2D eigenvalue weighted by atomic mass is 10.2. The molecule has 1 amide bonds. The number of hydrogen-bond donors (Lipinski definition) is 1. The number of carbonyl (C=O) groups excluding carboxylic acids is 1. The van der Waals surface area contributed by atoms with Gasteiger partial charge in [-0.15, -0.1) is 0 Å². The number of aromatic nitrogens is 1. The quantitative estimate of drug-likeness (QED) is 0.708. The van der Waals surface area contributed by atoms with Crippen molar-refractivity contribution in [3.8, 4) is 5.75 Å². The number of nitrogens with zero attached hydrogens (tertiary/aromatic N) is 1. The number of ether oxygens (including phenoxy) is 1. The van der Waals surface area contributed by atoms with Crippen LogP contribution in [-0.2, 0) is 11.3 Å². The third-order valence-corrected chi connectivity index (χ3v) is 5.13. The Balaban J connectivity index is 1.77. The molecule has 0 bridgehead atoms. The molecule has 1 N–H and O–H groups in total. The van der Waals surface area contributed by atoms with Gasteiger partial charge in [0.2, 0.25) is 0 Å². The summed E-state index contributed by atoms with van der Waals surface area (Å²) in [5.74, 6) is 0.483. The van der Waals surface area contributed by atoms with Gasteiger partial charge in [-0.1, -0.05) is 30.4 Å². The highest BCUT2D eigenvalue weighted by molar-refractivity contribution is 7.16. The molecule has 0 aliphatic heterocycles. The first-order valence-electron chi connectivity index (χ1n) is 8.69. The van der Waals surface area contributed by atoms with E-state index in [1.807, 2.05) is 63.2 Å². The van der Waals surface area contributed by atoms with E-state index >= 15 is 0 Å². The van der Waals surface area contributed by atoms with Crippen molar-refractivity contribution in [3.63, 3.8) is 0 Å². The van der Waals surface area contributed by atoms with Gasteiger partial charge in [0.25, 0.3) is 5.91 Å². The highest BCUT2D eigenvalue weighted by Crippen LogP contribution is 2.23. The zero-order valence-electron chi connectivity index (χ0n) is 15.1. The Kier molecular flexibility index (Phi) is 5.42. The molecule has 1 aromatic heterocycles. The number of aryl methyl sites for hydroxylation is 2. The first kappa shape index (κ1) is 18.2. The second kappa shape index (κ2) is 7.74. The normalized spacial score (nSPS) is 12.1. The topological polar surface area (TPSA) is 60.3 Å². The smallest absolute Gasteiger partial charge is 0.308 e. The first-order chi connectivity index (χ1) is 12.5. The Labute approximate surface area is 156 Å². The van der Waals surface area contributed by atoms with Gasteiger partial charge in [0.05, 0.1) is 10.2 Å². The molecule has 0 unspecified atom stereocenters. The van der Waals surface area contributed by atoms with E-state index in [4.69, 9.17) is 4.74 Å². The summed E-state index contributed by atoms with van der Waals surface area (Å²) in [4.78, 5) is 24.6. The third-order valence-electron chi connectivity index (χ3n) is 4.18. The largest absolute Gasteiger partial charge is 0.481 e. The average Bonchev–Trinajstić information content (AvgIpc) is 2.93. The van der Waals surface area contributed by atoms with Crippen LogP contribution < -0.4 is 14.9 Å². The number of benzene rings is 2. The molecular formula is C20H22N2O3S. The molecule has 136 valence electrons. The molecule has 3 rings (SSSR count). The van der Waals surface area contributed by atoms with E-state index in [1.165, 1.54) is 11.3 Å². The predicted molar refractivity (Wildman–Crippen MR) is 106 cm³/mol. The van der Waals surface area contributed by atoms with Crippen molar-refractivity contribution in [2.75, 3.05) is 5.32 Å². The van der Waals surface area contributed by atoms with Crippen molar-refractivity contribution in [1.82, 2.24) is 4.57 Å². The minimum absolute atomic E-state index is 0.0141. The van der Waals surface area contributed by atoms with Crippen LogP contribution in [0.5, 0.6) is 5.75 Å². The van der Waals surface area contributed by atoms with Crippen molar-refractivity contribution in [1.29, 1.82) is 0 Å². The maximum absolute atomic E-state index is 12.6. The molecule has 0 saturated heterocycles. The Morgan fingerprint density at radius 2 is 2.04 bits per heavy atom. The van der Waals surface area contributed by atoms with Crippen molar-refractivity contribution in [2.45, 2.75) is 39.8 Å². The Morgan fingerprint density at radius 1 is 1.23 bits per heavy atom. The Bertz CT molecular complexity index is 990.